The summed E-state index contributed by atoms with van der Waals surface area (Å²) in [6.07, 6.45) is 2.08. The Kier molecular flexibility index (Phi) is 5.21. The van der Waals surface area contributed by atoms with Crippen LogP contribution < -0.4 is 0 Å². The van der Waals surface area contributed by atoms with Gasteiger partial charge in [-0.25, -0.2) is 0 Å². The van der Waals surface area contributed by atoms with Gasteiger partial charge in [0.15, 0.2) is 0 Å². The lowest BCUT2D eigenvalue weighted by Gasteiger charge is -2.15. The van der Waals surface area contributed by atoms with E-state index in [1.165, 1.54) is 17.3 Å². The van der Waals surface area contributed by atoms with Gasteiger partial charge in [0.1, 0.15) is 11.2 Å². The number of rotatable bonds is 5. The highest BCUT2D eigenvalue weighted by atomic mass is 32.2. The van der Waals surface area contributed by atoms with Crippen molar-refractivity contribution in [1.82, 2.24) is 0 Å². The van der Waals surface area contributed by atoms with Crippen molar-refractivity contribution in [2.24, 2.45) is 0 Å². The first-order chi connectivity index (χ1) is 7.69. The largest absolute Gasteiger partial charge is 0.508 e. The molecule has 0 amide bonds. The number of thioether (sulfide) groups is 1. The number of thiocyanates is 1. The monoisotopic (exact) mass is 235 g/mol. The van der Waals surface area contributed by atoms with Crippen LogP contribution in [0.2, 0.25) is 0 Å². The van der Waals surface area contributed by atoms with Crippen LogP contribution in [0.1, 0.15) is 36.8 Å². The fraction of sp³-hybridized carbons (Fsp3) is 0.462. The molecule has 86 valence electrons. The van der Waals surface area contributed by atoms with E-state index in [9.17, 15) is 5.11 Å². The van der Waals surface area contributed by atoms with Crippen molar-refractivity contribution in [3.8, 4) is 11.2 Å². The molecule has 0 spiro atoms. The maximum Gasteiger partial charge on any atom is 0.133 e. The van der Waals surface area contributed by atoms with Gasteiger partial charge < -0.3 is 5.11 Å². The molecule has 16 heavy (non-hydrogen) atoms. The minimum absolute atomic E-state index is 0.352. The van der Waals surface area contributed by atoms with E-state index < -0.39 is 0 Å². The number of nitriles is 1. The SMILES string of the molecule is CCC(CCSC#N)c1ccc(O)c(C)c1. The third-order valence-corrected chi connectivity index (χ3v) is 3.39. The summed E-state index contributed by atoms with van der Waals surface area (Å²) in [5.74, 6) is 1.71. The van der Waals surface area contributed by atoms with E-state index in [0.29, 0.717) is 11.7 Å². The van der Waals surface area contributed by atoms with Crippen molar-refractivity contribution in [2.45, 2.75) is 32.6 Å². The second-order valence-electron chi connectivity index (χ2n) is 3.88. The molecule has 0 aliphatic heterocycles. The molecule has 1 unspecified atom stereocenters. The van der Waals surface area contributed by atoms with E-state index >= 15 is 0 Å². The zero-order valence-corrected chi connectivity index (χ0v) is 10.5. The van der Waals surface area contributed by atoms with Crippen LogP contribution in [0.15, 0.2) is 18.2 Å². The molecule has 3 heteroatoms. The van der Waals surface area contributed by atoms with Crippen LogP contribution in [0.4, 0.5) is 0 Å². The number of phenolic OH excluding ortho intramolecular Hbond substituents is 1. The van der Waals surface area contributed by atoms with Gasteiger partial charge in [-0.15, -0.1) is 0 Å². The van der Waals surface area contributed by atoms with E-state index in [1.807, 2.05) is 19.1 Å². The highest BCUT2D eigenvalue weighted by Crippen LogP contribution is 2.28. The summed E-state index contributed by atoms with van der Waals surface area (Å²) in [7, 11) is 0. The predicted octanol–water partition coefficient (Wildman–Crippen LogP) is 3.80. The zero-order chi connectivity index (χ0) is 12.0. The highest BCUT2D eigenvalue weighted by Gasteiger charge is 2.10. The van der Waals surface area contributed by atoms with E-state index in [1.54, 1.807) is 6.07 Å². The molecule has 0 saturated carbocycles. The maximum absolute atomic E-state index is 9.47. The molecule has 0 fully saturated rings. The first-order valence-electron chi connectivity index (χ1n) is 5.49. The maximum atomic E-state index is 9.47. The number of nitrogens with zero attached hydrogens (tertiary/aromatic N) is 1. The first kappa shape index (κ1) is 12.9. The molecular formula is C13H17NOS. The van der Waals surface area contributed by atoms with Crippen molar-refractivity contribution < 1.29 is 5.11 Å². The second kappa shape index (κ2) is 6.44. The Labute approximate surface area is 101 Å². The minimum Gasteiger partial charge on any atom is -0.508 e. The summed E-state index contributed by atoms with van der Waals surface area (Å²) in [6, 6.07) is 5.78. The van der Waals surface area contributed by atoms with Crippen molar-refractivity contribution in [1.29, 1.82) is 5.26 Å². The predicted molar refractivity (Wildman–Crippen MR) is 68.6 cm³/mol. The molecular weight excluding hydrogens is 218 g/mol. The average molecular weight is 235 g/mol. The van der Waals surface area contributed by atoms with E-state index in [4.69, 9.17) is 5.26 Å². The molecule has 0 bridgehead atoms. The van der Waals surface area contributed by atoms with Crippen LogP contribution in [-0.4, -0.2) is 10.9 Å². The van der Waals surface area contributed by atoms with Gasteiger partial charge in [0.2, 0.25) is 0 Å². The van der Waals surface area contributed by atoms with E-state index in [2.05, 4.69) is 12.3 Å². The summed E-state index contributed by atoms with van der Waals surface area (Å²) >= 11 is 1.31. The molecule has 1 aromatic carbocycles. The van der Waals surface area contributed by atoms with Crippen molar-refractivity contribution >= 4 is 11.8 Å². The van der Waals surface area contributed by atoms with Gasteiger partial charge >= 0.3 is 0 Å². The topological polar surface area (TPSA) is 44.0 Å². The molecule has 0 aliphatic carbocycles. The van der Waals surface area contributed by atoms with Crippen LogP contribution in [0, 0.1) is 17.6 Å². The summed E-state index contributed by atoms with van der Waals surface area (Å²) < 4.78 is 0. The zero-order valence-electron chi connectivity index (χ0n) is 9.73. The second-order valence-corrected chi connectivity index (χ2v) is 4.76. The minimum atomic E-state index is 0.352. The Morgan fingerprint density at radius 1 is 1.50 bits per heavy atom. The van der Waals surface area contributed by atoms with Crippen molar-refractivity contribution in [3.63, 3.8) is 0 Å². The highest BCUT2D eigenvalue weighted by molar-refractivity contribution is 8.03. The Balaban J connectivity index is 2.71. The summed E-state index contributed by atoms with van der Waals surface area (Å²) in [4.78, 5) is 0. The normalized spacial score (nSPS) is 12.1. The molecule has 0 heterocycles. The molecule has 1 atom stereocenters. The van der Waals surface area contributed by atoms with Crippen molar-refractivity contribution in [3.05, 3.63) is 29.3 Å². The fourth-order valence-electron chi connectivity index (χ4n) is 1.79. The number of aromatic hydroxyl groups is 1. The van der Waals surface area contributed by atoms with Gasteiger partial charge in [-0.3, -0.25) is 0 Å². The first-order valence-corrected chi connectivity index (χ1v) is 6.48. The van der Waals surface area contributed by atoms with Crippen LogP contribution in [0.5, 0.6) is 5.75 Å². The van der Waals surface area contributed by atoms with Gasteiger partial charge in [0, 0.05) is 5.75 Å². The smallest absolute Gasteiger partial charge is 0.133 e. The molecule has 0 radical (unpaired) electrons. The molecule has 2 nitrogen and oxygen atoms in total. The molecule has 0 saturated heterocycles. The molecule has 1 rings (SSSR count). The lowest BCUT2D eigenvalue weighted by molar-refractivity contribution is 0.470. The van der Waals surface area contributed by atoms with E-state index in [-0.39, 0.29) is 0 Å². The Morgan fingerprint density at radius 2 is 2.25 bits per heavy atom. The number of hydrogen-bond donors (Lipinski definition) is 1. The Bertz CT molecular complexity index is 384. The lowest BCUT2D eigenvalue weighted by atomic mass is 9.93. The summed E-state index contributed by atoms with van der Waals surface area (Å²) in [5, 5.41) is 20.0. The van der Waals surface area contributed by atoms with Gasteiger partial charge in [-0.1, -0.05) is 19.1 Å². The van der Waals surface area contributed by atoms with Gasteiger partial charge in [-0.05, 0) is 54.6 Å². The fourth-order valence-corrected chi connectivity index (χ4v) is 2.28. The van der Waals surface area contributed by atoms with Gasteiger partial charge in [0.25, 0.3) is 0 Å². The van der Waals surface area contributed by atoms with Crippen LogP contribution >= 0.6 is 11.8 Å². The Morgan fingerprint density at radius 3 is 2.81 bits per heavy atom. The molecule has 0 aromatic heterocycles. The number of hydrogen-bond acceptors (Lipinski definition) is 3. The van der Waals surface area contributed by atoms with Crippen LogP contribution in [0.25, 0.3) is 0 Å². The standard InChI is InChI=1S/C13H17NOS/c1-3-11(6-7-16-9-14)12-4-5-13(15)10(2)8-12/h4-5,8,11,15H,3,6-7H2,1-2H3. The molecule has 1 N–H and O–H groups in total. The number of aryl methyl sites for hydroxylation is 1. The third-order valence-electron chi connectivity index (χ3n) is 2.82. The van der Waals surface area contributed by atoms with Crippen molar-refractivity contribution in [2.75, 3.05) is 5.75 Å². The molecule has 1 aromatic rings. The molecule has 0 aliphatic rings. The third kappa shape index (κ3) is 3.46. The Hall–Kier alpha value is -1.14. The number of benzene rings is 1. The van der Waals surface area contributed by atoms with Crippen LogP contribution in [-0.2, 0) is 0 Å². The summed E-state index contributed by atoms with van der Waals surface area (Å²) in [5.41, 5.74) is 2.18. The van der Waals surface area contributed by atoms with E-state index in [0.717, 1.165) is 24.2 Å². The quantitative estimate of drug-likeness (QED) is 0.623. The number of phenols is 1. The average Bonchev–Trinajstić information content (AvgIpc) is 2.29. The van der Waals surface area contributed by atoms with Gasteiger partial charge in [0.05, 0.1) is 0 Å². The van der Waals surface area contributed by atoms with Crippen LogP contribution in [0.3, 0.4) is 0 Å². The summed E-state index contributed by atoms with van der Waals surface area (Å²) in [6.45, 7) is 4.07. The lowest BCUT2D eigenvalue weighted by Crippen LogP contribution is -1.99. The van der Waals surface area contributed by atoms with Gasteiger partial charge in [-0.2, -0.15) is 5.26 Å².